The number of hydrogen-bond acceptors (Lipinski definition) is 8. The van der Waals surface area contributed by atoms with Gasteiger partial charge in [-0.3, -0.25) is 0 Å². The second-order valence-electron chi connectivity index (χ2n) is 9.11. The predicted molar refractivity (Wildman–Crippen MR) is 130 cm³/mol. The van der Waals surface area contributed by atoms with Crippen LogP contribution in [0.5, 0.6) is 5.75 Å². The number of anilines is 1. The average Bonchev–Trinajstić information content (AvgIpc) is 3.35. The molecule has 1 atom stereocenters. The summed E-state index contributed by atoms with van der Waals surface area (Å²) in [6, 6.07) is 4.73. The molecule has 0 spiro atoms. The van der Waals surface area contributed by atoms with E-state index >= 15 is 0 Å². The summed E-state index contributed by atoms with van der Waals surface area (Å²) in [4.78, 5) is 14.7. The van der Waals surface area contributed by atoms with Crippen LogP contribution < -0.4 is 9.64 Å². The summed E-state index contributed by atoms with van der Waals surface area (Å²) in [6.45, 7) is 4.16. The molecule has 0 bridgehead atoms. The molecule has 2 saturated heterocycles. The minimum absolute atomic E-state index is 0.0161. The normalized spacial score (nSPS) is 20.8. The van der Waals surface area contributed by atoms with Crippen molar-refractivity contribution >= 4 is 26.6 Å². The molecule has 1 N–H and O–H groups in total. The van der Waals surface area contributed by atoms with Crippen molar-refractivity contribution in [2.24, 2.45) is 0 Å². The van der Waals surface area contributed by atoms with Crippen LogP contribution in [0.1, 0.15) is 25.5 Å². The molecular weight excluding hydrogens is 475 g/mol. The van der Waals surface area contributed by atoms with E-state index in [-0.39, 0.29) is 37.9 Å². The average molecular weight is 505 g/mol. The van der Waals surface area contributed by atoms with E-state index < -0.39 is 14.6 Å². The molecule has 2 aliphatic heterocycles. The van der Waals surface area contributed by atoms with Crippen LogP contribution in [0.15, 0.2) is 24.4 Å². The van der Waals surface area contributed by atoms with Crippen LogP contribution in [0.3, 0.4) is 0 Å². The van der Waals surface area contributed by atoms with Gasteiger partial charge >= 0.3 is 0 Å². The standard InChI is InChI=1S/C24H29FN4O5S/c1-15-14-34-13-10-29(15)23-20(32-2)21(24(35(3,30)31)7-11-33-12-8-24)27-22(28-23)17-4-5-18(25)19-16(17)6-9-26-19/h4-6,9,15,26H,7-8,10-14H2,1-3H3. The molecule has 0 radical (unpaired) electrons. The number of aromatic nitrogens is 3. The Hall–Kier alpha value is -2.76. The Labute approximate surface area is 203 Å². The predicted octanol–water partition coefficient (Wildman–Crippen LogP) is 3.05. The monoisotopic (exact) mass is 504 g/mol. The minimum atomic E-state index is -3.63. The smallest absolute Gasteiger partial charge is 0.184 e. The van der Waals surface area contributed by atoms with Crippen LogP contribution in [0.4, 0.5) is 10.2 Å². The Bertz CT molecular complexity index is 1350. The van der Waals surface area contributed by atoms with Gasteiger partial charge in [0.15, 0.2) is 27.2 Å². The highest BCUT2D eigenvalue weighted by atomic mass is 32.2. The summed E-state index contributed by atoms with van der Waals surface area (Å²) in [6.07, 6.45) is 3.39. The van der Waals surface area contributed by atoms with E-state index in [2.05, 4.69) is 9.88 Å². The highest BCUT2D eigenvalue weighted by molar-refractivity contribution is 7.91. The second kappa shape index (κ2) is 9.03. The number of H-pyrrole nitrogens is 1. The first-order chi connectivity index (χ1) is 16.8. The van der Waals surface area contributed by atoms with Gasteiger partial charge in [0.25, 0.3) is 0 Å². The van der Waals surface area contributed by atoms with Crippen LogP contribution in [-0.2, 0) is 24.1 Å². The second-order valence-corrected chi connectivity index (χ2v) is 11.4. The van der Waals surface area contributed by atoms with E-state index in [0.29, 0.717) is 59.3 Å². The topological polar surface area (TPSA) is 107 Å². The maximum atomic E-state index is 14.4. The molecule has 1 unspecified atom stereocenters. The van der Waals surface area contributed by atoms with Crippen LogP contribution in [0.2, 0.25) is 0 Å². The van der Waals surface area contributed by atoms with Crippen molar-refractivity contribution in [1.29, 1.82) is 0 Å². The van der Waals surface area contributed by atoms with E-state index in [1.54, 1.807) is 18.3 Å². The number of sulfone groups is 1. The fourth-order valence-electron chi connectivity index (χ4n) is 5.09. The Morgan fingerprint density at radius 2 is 1.94 bits per heavy atom. The number of rotatable bonds is 5. The first kappa shape index (κ1) is 24.0. The van der Waals surface area contributed by atoms with E-state index in [0.717, 1.165) is 0 Å². The lowest BCUT2D eigenvalue weighted by atomic mass is 9.93. The van der Waals surface area contributed by atoms with Gasteiger partial charge in [-0.1, -0.05) is 0 Å². The highest BCUT2D eigenvalue weighted by Crippen LogP contribution is 2.47. The van der Waals surface area contributed by atoms with Gasteiger partial charge in [-0.15, -0.1) is 0 Å². The SMILES string of the molecule is COc1c(N2CCOCC2C)nc(-c2ccc(F)c3[nH]ccc23)nc1C1(S(C)(=O)=O)CCOCC1. The van der Waals surface area contributed by atoms with Crippen molar-refractivity contribution in [1.82, 2.24) is 15.0 Å². The molecule has 2 fully saturated rings. The van der Waals surface area contributed by atoms with Crippen LogP contribution in [-0.4, -0.2) is 75.7 Å². The molecule has 2 aliphatic rings. The van der Waals surface area contributed by atoms with Gasteiger partial charge in [-0.2, -0.15) is 0 Å². The molecule has 11 heteroatoms. The molecule has 35 heavy (non-hydrogen) atoms. The number of aromatic amines is 1. The van der Waals surface area contributed by atoms with Crippen LogP contribution >= 0.6 is 0 Å². The van der Waals surface area contributed by atoms with Gasteiger partial charge in [0.1, 0.15) is 16.3 Å². The van der Waals surface area contributed by atoms with Crippen molar-refractivity contribution in [2.75, 3.05) is 51.2 Å². The molecule has 0 saturated carbocycles. The van der Waals surface area contributed by atoms with Gasteiger partial charge in [0, 0.05) is 43.2 Å². The van der Waals surface area contributed by atoms with Crippen molar-refractivity contribution < 1.29 is 27.0 Å². The zero-order chi connectivity index (χ0) is 24.8. The summed E-state index contributed by atoms with van der Waals surface area (Å²) < 4.78 is 56.8. The first-order valence-corrected chi connectivity index (χ1v) is 13.5. The third-order valence-electron chi connectivity index (χ3n) is 7.05. The van der Waals surface area contributed by atoms with Gasteiger partial charge in [0.2, 0.25) is 0 Å². The zero-order valence-electron chi connectivity index (χ0n) is 20.0. The fourth-order valence-corrected chi connectivity index (χ4v) is 6.49. The lowest BCUT2D eigenvalue weighted by Gasteiger charge is -2.39. The van der Waals surface area contributed by atoms with E-state index in [1.165, 1.54) is 19.4 Å². The molecule has 4 heterocycles. The molecule has 3 aromatic rings. The first-order valence-electron chi connectivity index (χ1n) is 11.6. The third kappa shape index (κ3) is 3.95. The van der Waals surface area contributed by atoms with Crippen molar-refractivity contribution in [2.45, 2.75) is 30.6 Å². The summed E-state index contributed by atoms with van der Waals surface area (Å²) in [5, 5.41) is 0.613. The summed E-state index contributed by atoms with van der Waals surface area (Å²) in [7, 11) is -2.12. The molecule has 188 valence electrons. The van der Waals surface area contributed by atoms with Gasteiger partial charge in [0.05, 0.1) is 31.9 Å². The molecule has 9 nitrogen and oxygen atoms in total. The number of ether oxygens (including phenoxy) is 3. The molecular formula is C24H29FN4O5S. The molecule has 5 rings (SSSR count). The molecule has 0 amide bonds. The van der Waals surface area contributed by atoms with Crippen molar-refractivity contribution in [3.8, 4) is 17.1 Å². The Morgan fingerprint density at radius 1 is 1.17 bits per heavy atom. The largest absolute Gasteiger partial charge is 0.491 e. The van der Waals surface area contributed by atoms with Gasteiger partial charge < -0.3 is 24.1 Å². The van der Waals surface area contributed by atoms with E-state index in [4.69, 9.17) is 24.2 Å². The zero-order valence-corrected chi connectivity index (χ0v) is 20.8. The number of nitrogens with one attached hydrogen (secondary N) is 1. The number of methoxy groups -OCH3 is 1. The number of hydrogen-bond donors (Lipinski definition) is 1. The summed E-state index contributed by atoms with van der Waals surface area (Å²) in [5.74, 6) is 0.767. The van der Waals surface area contributed by atoms with Crippen LogP contribution in [0.25, 0.3) is 22.3 Å². The van der Waals surface area contributed by atoms with Crippen molar-refractivity contribution in [3.05, 3.63) is 35.9 Å². The Kier molecular flexibility index (Phi) is 6.18. The minimum Gasteiger partial charge on any atom is -0.491 e. The lowest BCUT2D eigenvalue weighted by molar-refractivity contribution is 0.0723. The molecule has 2 aromatic heterocycles. The fraction of sp³-hybridized carbons (Fsp3) is 0.500. The highest BCUT2D eigenvalue weighted by Gasteiger charge is 2.49. The number of morpholine rings is 1. The summed E-state index contributed by atoms with van der Waals surface area (Å²) in [5.41, 5.74) is 1.26. The number of halogens is 1. The quantitative estimate of drug-likeness (QED) is 0.565. The number of benzene rings is 1. The summed E-state index contributed by atoms with van der Waals surface area (Å²) >= 11 is 0. The van der Waals surface area contributed by atoms with E-state index in [1.807, 2.05) is 6.92 Å². The lowest BCUT2D eigenvalue weighted by Crippen LogP contribution is -2.45. The van der Waals surface area contributed by atoms with Gasteiger partial charge in [-0.05, 0) is 38.0 Å². The maximum Gasteiger partial charge on any atom is 0.184 e. The Morgan fingerprint density at radius 3 is 2.63 bits per heavy atom. The number of fused-ring (bicyclic) bond motifs is 1. The van der Waals surface area contributed by atoms with Crippen molar-refractivity contribution in [3.63, 3.8) is 0 Å². The van der Waals surface area contributed by atoms with Gasteiger partial charge in [-0.25, -0.2) is 22.8 Å². The van der Waals surface area contributed by atoms with E-state index in [9.17, 15) is 12.8 Å². The third-order valence-corrected chi connectivity index (χ3v) is 9.07. The number of nitrogens with zero attached hydrogens (tertiary/aromatic N) is 3. The molecule has 1 aromatic carbocycles. The maximum absolute atomic E-state index is 14.4. The van der Waals surface area contributed by atoms with Crippen LogP contribution in [0, 0.1) is 5.82 Å². The molecule has 0 aliphatic carbocycles. The Balaban J connectivity index is 1.83.